The summed E-state index contributed by atoms with van der Waals surface area (Å²) in [7, 11) is 2.09. The second-order valence-corrected chi connectivity index (χ2v) is 6.99. The molecule has 0 aliphatic heterocycles. The normalized spacial score (nSPS) is 10.3. The Balaban J connectivity index is 1.59. The highest BCUT2D eigenvalue weighted by molar-refractivity contribution is 6.08. The molecule has 0 unspecified atom stereocenters. The van der Waals surface area contributed by atoms with Crippen molar-refractivity contribution in [2.24, 2.45) is 7.05 Å². The molecule has 5 rings (SSSR count). The minimum atomic E-state index is 0.955. The molecule has 0 amide bonds. The fraction of sp³-hybridized carbons (Fsp3) is 0.0370. The Bertz CT molecular complexity index is 1370. The summed E-state index contributed by atoms with van der Waals surface area (Å²) in [5.74, 6) is 12.9. The van der Waals surface area contributed by atoms with Crippen LogP contribution in [0.1, 0.15) is 22.3 Å². The molecular weight excluding hydrogens is 366 g/mol. The van der Waals surface area contributed by atoms with E-state index >= 15 is 0 Å². The molecule has 0 atom stereocenters. The monoisotopic (exact) mass is 383 g/mol. The van der Waals surface area contributed by atoms with Crippen LogP contribution in [0.3, 0.4) is 0 Å². The molecule has 0 saturated heterocycles. The van der Waals surface area contributed by atoms with Crippen LogP contribution in [0.25, 0.3) is 21.8 Å². The van der Waals surface area contributed by atoms with Gasteiger partial charge in [-0.1, -0.05) is 23.7 Å². The molecule has 3 heterocycles. The van der Waals surface area contributed by atoms with Crippen LogP contribution >= 0.6 is 0 Å². The smallest absolute Gasteiger partial charge is 0.0489 e. The van der Waals surface area contributed by atoms with E-state index in [-0.39, 0.29) is 0 Å². The van der Waals surface area contributed by atoms with Crippen molar-refractivity contribution in [2.45, 2.75) is 0 Å². The summed E-state index contributed by atoms with van der Waals surface area (Å²) < 4.78 is 2.21. The zero-order valence-corrected chi connectivity index (χ0v) is 16.4. The Labute approximate surface area is 175 Å². The van der Waals surface area contributed by atoms with E-state index < -0.39 is 0 Å². The van der Waals surface area contributed by atoms with E-state index in [1.165, 1.54) is 21.8 Å². The summed E-state index contributed by atoms with van der Waals surface area (Å²) in [5.41, 5.74) is 6.24. The van der Waals surface area contributed by atoms with Gasteiger partial charge >= 0.3 is 0 Å². The summed E-state index contributed by atoms with van der Waals surface area (Å²) in [5, 5.41) is 2.36. The van der Waals surface area contributed by atoms with Gasteiger partial charge in [0.15, 0.2) is 0 Å². The number of rotatable bonds is 0. The van der Waals surface area contributed by atoms with Crippen molar-refractivity contribution in [2.75, 3.05) is 0 Å². The third kappa shape index (κ3) is 3.41. The van der Waals surface area contributed by atoms with E-state index in [0.717, 1.165) is 22.3 Å². The molecule has 140 valence electrons. The lowest BCUT2D eigenvalue weighted by Gasteiger charge is -1.97. The van der Waals surface area contributed by atoms with E-state index in [1.54, 1.807) is 24.8 Å². The number of aryl methyl sites for hydroxylation is 1. The lowest BCUT2D eigenvalue weighted by molar-refractivity contribution is 1.01. The van der Waals surface area contributed by atoms with Crippen molar-refractivity contribution in [3.05, 3.63) is 108 Å². The molecule has 0 N–H and O–H groups in total. The van der Waals surface area contributed by atoms with Crippen molar-refractivity contribution in [1.29, 1.82) is 0 Å². The summed E-state index contributed by atoms with van der Waals surface area (Å²) >= 11 is 0. The van der Waals surface area contributed by atoms with Crippen LogP contribution in [0.2, 0.25) is 0 Å². The lowest BCUT2D eigenvalue weighted by atomic mass is 10.1. The summed E-state index contributed by atoms with van der Waals surface area (Å²) in [4.78, 5) is 8.07. The average Bonchev–Trinajstić information content (AvgIpc) is 3.09. The van der Waals surface area contributed by atoms with E-state index in [0.29, 0.717) is 0 Å². The van der Waals surface area contributed by atoms with Gasteiger partial charge in [0, 0.05) is 75.9 Å². The fourth-order valence-electron chi connectivity index (χ4n) is 3.53. The first-order valence-corrected chi connectivity index (χ1v) is 9.64. The van der Waals surface area contributed by atoms with E-state index in [1.807, 2.05) is 24.3 Å². The van der Waals surface area contributed by atoms with Crippen LogP contribution in [-0.4, -0.2) is 14.5 Å². The first-order valence-electron chi connectivity index (χ1n) is 9.64. The molecule has 0 radical (unpaired) electrons. The van der Waals surface area contributed by atoms with Gasteiger partial charge in [-0.3, -0.25) is 9.97 Å². The molecular formula is C27H17N3. The zero-order chi connectivity index (χ0) is 20.3. The Morgan fingerprint density at radius 2 is 0.933 bits per heavy atom. The van der Waals surface area contributed by atoms with Gasteiger partial charge in [-0.05, 0) is 60.7 Å². The number of hydrogen-bond donors (Lipinski definition) is 0. The van der Waals surface area contributed by atoms with E-state index in [2.05, 4.69) is 81.7 Å². The maximum Gasteiger partial charge on any atom is 0.0489 e. The number of fused-ring (bicyclic) bond motifs is 3. The maximum absolute atomic E-state index is 4.04. The van der Waals surface area contributed by atoms with Gasteiger partial charge in [0.05, 0.1) is 0 Å². The molecule has 0 spiro atoms. The van der Waals surface area contributed by atoms with Gasteiger partial charge in [-0.2, -0.15) is 0 Å². The highest BCUT2D eigenvalue weighted by Gasteiger charge is 2.09. The molecule has 3 aromatic heterocycles. The van der Waals surface area contributed by atoms with Gasteiger partial charge in [0.25, 0.3) is 0 Å². The quantitative estimate of drug-likeness (QED) is 0.355. The predicted molar refractivity (Wildman–Crippen MR) is 121 cm³/mol. The first kappa shape index (κ1) is 17.7. The van der Waals surface area contributed by atoms with Crippen molar-refractivity contribution < 1.29 is 0 Å². The zero-order valence-electron chi connectivity index (χ0n) is 16.4. The Kier molecular flexibility index (Phi) is 4.48. The molecule has 30 heavy (non-hydrogen) atoms. The summed E-state index contributed by atoms with van der Waals surface area (Å²) in [6, 6.07) is 20.4. The van der Waals surface area contributed by atoms with Crippen LogP contribution in [0.4, 0.5) is 0 Å². The predicted octanol–water partition coefficient (Wildman–Crippen LogP) is 4.92. The largest absolute Gasteiger partial charge is 0.344 e. The van der Waals surface area contributed by atoms with Crippen molar-refractivity contribution in [1.82, 2.24) is 14.5 Å². The van der Waals surface area contributed by atoms with Gasteiger partial charge < -0.3 is 4.57 Å². The van der Waals surface area contributed by atoms with Gasteiger partial charge in [-0.25, -0.2) is 0 Å². The number of nitrogens with zero attached hydrogens (tertiary/aromatic N) is 3. The summed E-state index contributed by atoms with van der Waals surface area (Å²) in [6.07, 6.45) is 7.03. The van der Waals surface area contributed by atoms with Crippen LogP contribution in [-0.2, 0) is 7.05 Å². The standard InChI is InChI=1S/C27H17N3/c1-30-26-8-6-22(4-2-20-10-14-28-15-11-20)18-24(26)25-19-23(7-9-27(25)30)5-3-21-12-16-29-17-13-21/h6-19H,1H3. The second kappa shape index (κ2) is 7.59. The highest BCUT2D eigenvalue weighted by Crippen LogP contribution is 2.29. The number of aromatic nitrogens is 3. The van der Waals surface area contributed by atoms with Crippen LogP contribution < -0.4 is 0 Å². The molecule has 0 aliphatic carbocycles. The fourth-order valence-corrected chi connectivity index (χ4v) is 3.53. The Morgan fingerprint density at radius 3 is 1.37 bits per heavy atom. The molecule has 0 bridgehead atoms. The van der Waals surface area contributed by atoms with Crippen LogP contribution in [0.5, 0.6) is 0 Å². The molecule has 0 aliphatic rings. The molecule has 0 fully saturated rings. The van der Waals surface area contributed by atoms with Crippen LogP contribution in [0.15, 0.2) is 85.5 Å². The highest BCUT2D eigenvalue weighted by atomic mass is 14.9. The SMILES string of the molecule is Cn1c2ccc(C#Cc3ccncc3)cc2c2cc(C#Cc3ccncc3)ccc21. The lowest BCUT2D eigenvalue weighted by Crippen LogP contribution is -1.86. The number of hydrogen-bond acceptors (Lipinski definition) is 2. The average molecular weight is 383 g/mol. The molecule has 2 aromatic carbocycles. The van der Waals surface area contributed by atoms with Gasteiger partial charge in [0.2, 0.25) is 0 Å². The molecule has 0 saturated carbocycles. The summed E-state index contributed by atoms with van der Waals surface area (Å²) in [6.45, 7) is 0. The van der Waals surface area contributed by atoms with E-state index in [4.69, 9.17) is 0 Å². The van der Waals surface area contributed by atoms with Crippen LogP contribution in [0, 0.1) is 23.7 Å². The Morgan fingerprint density at radius 1 is 0.533 bits per heavy atom. The minimum Gasteiger partial charge on any atom is -0.344 e. The minimum absolute atomic E-state index is 0.955. The third-order valence-corrected chi connectivity index (χ3v) is 5.07. The second-order valence-electron chi connectivity index (χ2n) is 6.99. The van der Waals surface area contributed by atoms with Gasteiger partial charge in [-0.15, -0.1) is 0 Å². The first-order chi connectivity index (χ1) is 14.8. The van der Waals surface area contributed by atoms with E-state index in [9.17, 15) is 0 Å². The topological polar surface area (TPSA) is 30.7 Å². The van der Waals surface area contributed by atoms with Crippen molar-refractivity contribution in [3.63, 3.8) is 0 Å². The number of pyridine rings is 2. The molecule has 3 heteroatoms. The Hall–Kier alpha value is -4.34. The maximum atomic E-state index is 4.04. The van der Waals surface area contributed by atoms with Crippen molar-refractivity contribution >= 4 is 21.8 Å². The van der Waals surface area contributed by atoms with Crippen molar-refractivity contribution in [3.8, 4) is 23.7 Å². The molecule has 5 aromatic rings. The number of benzene rings is 2. The van der Waals surface area contributed by atoms with Gasteiger partial charge in [0.1, 0.15) is 0 Å². The third-order valence-electron chi connectivity index (χ3n) is 5.07. The molecule has 3 nitrogen and oxygen atoms in total.